The SMILES string of the molecule is Cc1cc(C(=O)N2CCOc3ccccc3C2)cc(N)n1. The molecule has 108 valence electrons. The van der Waals surface area contributed by atoms with Crippen LogP contribution in [0.4, 0.5) is 5.82 Å². The Hall–Kier alpha value is -2.56. The molecule has 0 fully saturated rings. The molecule has 0 bridgehead atoms. The van der Waals surface area contributed by atoms with Gasteiger partial charge in [-0.3, -0.25) is 4.79 Å². The van der Waals surface area contributed by atoms with Crippen molar-refractivity contribution in [1.29, 1.82) is 0 Å². The molecule has 0 unspecified atom stereocenters. The van der Waals surface area contributed by atoms with Crippen LogP contribution < -0.4 is 10.5 Å². The number of pyridine rings is 1. The lowest BCUT2D eigenvalue weighted by Crippen LogP contribution is -2.32. The van der Waals surface area contributed by atoms with Gasteiger partial charge < -0.3 is 15.4 Å². The van der Waals surface area contributed by atoms with E-state index in [1.54, 1.807) is 17.0 Å². The molecule has 0 spiro atoms. The Morgan fingerprint density at radius 3 is 2.95 bits per heavy atom. The summed E-state index contributed by atoms with van der Waals surface area (Å²) in [6.07, 6.45) is 0. The number of aromatic nitrogens is 1. The maximum Gasteiger partial charge on any atom is 0.254 e. The van der Waals surface area contributed by atoms with Gasteiger partial charge in [0.2, 0.25) is 0 Å². The molecular formula is C16H17N3O2. The van der Waals surface area contributed by atoms with E-state index in [1.807, 2.05) is 31.2 Å². The highest BCUT2D eigenvalue weighted by atomic mass is 16.5. The quantitative estimate of drug-likeness (QED) is 0.869. The molecule has 3 rings (SSSR count). The number of hydrogen-bond acceptors (Lipinski definition) is 4. The lowest BCUT2D eigenvalue weighted by molar-refractivity contribution is 0.0733. The van der Waals surface area contributed by atoms with Gasteiger partial charge in [-0.1, -0.05) is 18.2 Å². The summed E-state index contributed by atoms with van der Waals surface area (Å²) in [4.78, 5) is 18.5. The zero-order valence-electron chi connectivity index (χ0n) is 11.9. The first kappa shape index (κ1) is 13.4. The lowest BCUT2D eigenvalue weighted by Gasteiger charge is -2.20. The van der Waals surface area contributed by atoms with Gasteiger partial charge in [-0.2, -0.15) is 0 Å². The maximum atomic E-state index is 12.7. The summed E-state index contributed by atoms with van der Waals surface area (Å²) in [6, 6.07) is 11.2. The number of nitrogen functional groups attached to an aromatic ring is 1. The molecule has 2 N–H and O–H groups in total. The molecule has 1 aliphatic rings. The second-order valence-corrected chi connectivity index (χ2v) is 5.10. The third-order valence-corrected chi connectivity index (χ3v) is 3.46. The van der Waals surface area contributed by atoms with Gasteiger partial charge in [0.1, 0.15) is 18.2 Å². The first-order valence-corrected chi connectivity index (χ1v) is 6.87. The van der Waals surface area contributed by atoms with E-state index in [2.05, 4.69) is 4.98 Å². The van der Waals surface area contributed by atoms with Crippen molar-refractivity contribution in [1.82, 2.24) is 9.88 Å². The summed E-state index contributed by atoms with van der Waals surface area (Å²) in [5.41, 5.74) is 8.05. The Morgan fingerprint density at radius 2 is 2.14 bits per heavy atom. The molecule has 1 aromatic heterocycles. The molecule has 0 saturated carbocycles. The van der Waals surface area contributed by atoms with Crippen molar-refractivity contribution in [2.75, 3.05) is 18.9 Å². The van der Waals surface area contributed by atoms with Crippen LogP contribution in [0.5, 0.6) is 5.75 Å². The topological polar surface area (TPSA) is 68.5 Å². The highest BCUT2D eigenvalue weighted by Gasteiger charge is 2.21. The number of nitrogens with two attached hydrogens (primary N) is 1. The number of ether oxygens (including phenoxy) is 1. The fraction of sp³-hybridized carbons (Fsp3) is 0.250. The zero-order chi connectivity index (χ0) is 14.8. The fourth-order valence-electron chi connectivity index (χ4n) is 2.50. The van der Waals surface area contributed by atoms with Crippen molar-refractivity contribution in [3.63, 3.8) is 0 Å². The highest BCUT2D eigenvalue weighted by molar-refractivity contribution is 5.95. The first-order valence-electron chi connectivity index (χ1n) is 6.87. The smallest absolute Gasteiger partial charge is 0.254 e. The van der Waals surface area contributed by atoms with Gasteiger partial charge >= 0.3 is 0 Å². The normalized spacial score (nSPS) is 14.0. The summed E-state index contributed by atoms with van der Waals surface area (Å²) in [5, 5.41) is 0. The van der Waals surface area contributed by atoms with Crippen LogP contribution in [0.2, 0.25) is 0 Å². The molecule has 2 heterocycles. The number of nitrogens with zero attached hydrogens (tertiary/aromatic N) is 2. The van der Waals surface area contributed by atoms with Gasteiger partial charge in [0, 0.05) is 23.4 Å². The molecule has 5 heteroatoms. The highest BCUT2D eigenvalue weighted by Crippen LogP contribution is 2.23. The van der Waals surface area contributed by atoms with Crippen molar-refractivity contribution < 1.29 is 9.53 Å². The minimum atomic E-state index is -0.0486. The predicted octanol–water partition coefficient (Wildman–Crippen LogP) is 2.01. The minimum absolute atomic E-state index is 0.0486. The van der Waals surface area contributed by atoms with Gasteiger partial charge in [-0.25, -0.2) is 4.98 Å². The van der Waals surface area contributed by atoms with Crippen molar-refractivity contribution >= 4 is 11.7 Å². The first-order chi connectivity index (χ1) is 10.1. The number of para-hydroxylation sites is 1. The number of aryl methyl sites for hydroxylation is 1. The third kappa shape index (κ3) is 2.81. The summed E-state index contributed by atoms with van der Waals surface area (Å²) in [7, 11) is 0. The van der Waals surface area contributed by atoms with E-state index in [4.69, 9.17) is 10.5 Å². The molecule has 0 aliphatic carbocycles. The summed E-state index contributed by atoms with van der Waals surface area (Å²) < 4.78 is 5.68. The lowest BCUT2D eigenvalue weighted by atomic mass is 10.1. The van der Waals surface area contributed by atoms with E-state index in [-0.39, 0.29) is 5.91 Å². The number of benzene rings is 1. The Labute approximate surface area is 123 Å². The second kappa shape index (κ2) is 5.44. The van der Waals surface area contributed by atoms with Crippen LogP contribution in [0.25, 0.3) is 0 Å². The molecule has 0 saturated heterocycles. The van der Waals surface area contributed by atoms with Crippen LogP contribution in [0.15, 0.2) is 36.4 Å². The minimum Gasteiger partial charge on any atom is -0.491 e. The van der Waals surface area contributed by atoms with Crippen molar-refractivity contribution in [3.05, 3.63) is 53.2 Å². The molecule has 1 aromatic carbocycles. The van der Waals surface area contributed by atoms with Crippen molar-refractivity contribution in [3.8, 4) is 5.75 Å². The van der Waals surface area contributed by atoms with Crippen LogP contribution in [-0.4, -0.2) is 28.9 Å². The van der Waals surface area contributed by atoms with Gasteiger partial charge in [0.25, 0.3) is 5.91 Å². The van der Waals surface area contributed by atoms with E-state index in [0.717, 1.165) is 17.0 Å². The Morgan fingerprint density at radius 1 is 1.33 bits per heavy atom. The molecule has 0 radical (unpaired) electrons. The molecule has 2 aromatic rings. The fourth-order valence-corrected chi connectivity index (χ4v) is 2.50. The van der Waals surface area contributed by atoms with E-state index in [1.165, 1.54) is 0 Å². The number of anilines is 1. The molecule has 5 nitrogen and oxygen atoms in total. The number of carbonyl (C=O) groups is 1. The molecule has 0 atom stereocenters. The average molecular weight is 283 g/mol. The second-order valence-electron chi connectivity index (χ2n) is 5.10. The molecule has 1 aliphatic heterocycles. The monoisotopic (exact) mass is 283 g/mol. The largest absolute Gasteiger partial charge is 0.491 e. The number of carbonyl (C=O) groups excluding carboxylic acids is 1. The number of fused-ring (bicyclic) bond motifs is 1. The molecule has 21 heavy (non-hydrogen) atoms. The van der Waals surface area contributed by atoms with Gasteiger partial charge in [-0.05, 0) is 25.1 Å². The van der Waals surface area contributed by atoms with Gasteiger partial charge in [0.05, 0.1) is 6.54 Å². The predicted molar refractivity (Wildman–Crippen MR) is 80.1 cm³/mol. The average Bonchev–Trinajstić information content (AvgIpc) is 2.67. The zero-order valence-corrected chi connectivity index (χ0v) is 11.9. The molecular weight excluding hydrogens is 266 g/mol. The van der Waals surface area contributed by atoms with Crippen molar-refractivity contribution in [2.24, 2.45) is 0 Å². The Bertz CT molecular complexity index is 665. The number of amides is 1. The summed E-state index contributed by atoms with van der Waals surface area (Å²) in [6.45, 7) is 3.40. The maximum absolute atomic E-state index is 12.7. The summed E-state index contributed by atoms with van der Waals surface area (Å²) >= 11 is 0. The van der Waals surface area contributed by atoms with Crippen LogP contribution in [-0.2, 0) is 6.54 Å². The number of rotatable bonds is 1. The van der Waals surface area contributed by atoms with Crippen LogP contribution in [0, 0.1) is 6.92 Å². The Balaban J connectivity index is 1.88. The van der Waals surface area contributed by atoms with E-state index in [0.29, 0.717) is 31.1 Å². The molecule has 1 amide bonds. The van der Waals surface area contributed by atoms with E-state index >= 15 is 0 Å². The summed E-state index contributed by atoms with van der Waals surface area (Å²) in [5.74, 6) is 1.16. The van der Waals surface area contributed by atoms with E-state index in [9.17, 15) is 4.79 Å². The number of hydrogen-bond donors (Lipinski definition) is 1. The standard InChI is InChI=1S/C16H17N3O2/c1-11-8-13(9-15(17)18-11)16(20)19-6-7-21-14-5-3-2-4-12(14)10-19/h2-5,8-9H,6-7,10H2,1H3,(H2,17,18). The van der Waals surface area contributed by atoms with Crippen LogP contribution in [0.3, 0.4) is 0 Å². The van der Waals surface area contributed by atoms with Crippen molar-refractivity contribution in [2.45, 2.75) is 13.5 Å². The van der Waals surface area contributed by atoms with E-state index < -0.39 is 0 Å². The van der Waals surface area contributed by atoms with Crippen LogP contribution in [0.1, 0.15) is 21.6 Å². The van der Waals surface area contributed by atoms with Gasteiger partial charge in [-0.15, -0.1) is 0 Å². The van der Waals surface area contributed by atoms with Crippen LogP contribution >= 0.6 is 0 Å². The Kier molecular flexibility index (Phi) is 3.48. The van der Waals surface area contributed by atoms with Gasteiger partial charge in [0.15, 0.2) is 0 Å². The third-order valence-electron chi connectivity index (χ3n) is 3.46.